The number of H-pyrrole nitrogens is 1. The molecule has 2 aromatic rings. The van der Waals surface area contributed by atoms with Crippen molar-refractivity contribution in [3.63, 3.8) is 0 Å². The molecule has 11 heteroatoms. The molecule has 0 aromatic carbocycles. The fourth-order valence-electron chi connectivity index (χ4n) is 2.10. The Morgan fingerprint density at radius 3 is 2.76 bits per heavy atom. The highest BCUT2D eigenvalue weighted by Crippen LogP contribution is 2.28. The zero-order valence-electron chi connectivity index (χ0n) is 13.0. The van der Waals surface area contributed by atoms with Gasteiger partial charge in [0.1, 0.15) is 0 Å². The zero-order chi connectivity index (χ0) is 18.0. The Morgan fingerprint density at radius 1 is 1.24 bits per heavy atom. The maximum atomic E-state index is 12.6. The molecule has 2 bridgehead atoms. The molecular formula is C14H11N5O5S. The van der Waals surface area contributed by atoms with Crippen LogP contribution in [0, 0.1) is 0 Å². The van der Waals surface area contributed by atoms with Crippen LogP contribution in [0.25, 0.3) is 11.4 Å². The van der Waals surface area contributed by atoms with Crippen molar-refractivity contribution in [2.24, 2.45) is 4.99 Å². The molecule has 1 aliphatic heterocycles. The van der Waals surface area contributed by atoms with E-state index in [4.69, 9.17) is 4.74 Å². The number of esters is 2. The van der Waals surface area contributed by atoms with Gasteiger partial charge in [0, 0.05) is 18.0 Å². The molecule has 2 aromatic heterocycles. The molecule has 0 unspecified atom stereocenters. The van der Waals surface area contributed by atoms with Crippen LogP contribution in [0.4, 0.5) is 0 Å². The van der Waals surface area contributed by atoms with Crippen molar-refractivity contribution in [1.29, 1.82) is 0 Å². The van der Waals surface area contributed by atoms with Crippen LogP contribution >= 0.6 is 11.8 Å². The van der Waals surface area contributed by atoms with E-state index in [1.165, 1.54) is 18.5 Å². The summed E-state index contributed by atoms with van der Waals surface area (Å²) in [5.74, 6) is -2.17. The number of rotatable bonds is 2. The van der Waals surface area contributed by atoms with E-state index in [1.54, 1.807) is 0 Å². The molecule has 0 fully saturated rings. The van der Waals surface area contributed by atoms with Gasteiger partial charge in [-0.2, -0.15) is 0 Å². The second kappa shape index (κ2) is 6.81. The van der Waals surface area contributed by atoms with E-state index in [9.17, 15) is 14.4 Å². The maximum Gasteiger partial charge on any atom is 0.354 e. The second-order valence-corrected chi connectivity index (χ2v) is 5.77. The van der Waals surface area contributed by atoms with Crippen LogP contribution in [0.15, 0.2) is 28.6 Å². The fraction of sp³-hybridized carbons (Fsp3) is 0.214. The minimum absolute atomic E-state index is 0.148. The van der Waals surface area contributed by atoms with E-state index >= 15 is 0 Å². The molecule has 0 saturated carbocycles. The normalized spacial score (nSPS) is 16.5. The number of aliphatic imine (C=N–C) groups is 1. The second-order valence-electron chi connectivity index (χ2n) is 4.70. The Balaban J connectivity index is 2.23. The third-order valence-electron chi connectivity index (χ3n) is 3.27. The molecular weight excluding hydrogens is 350 g/mol. The molecule has 0 spiro atoms. The van der Waals surface area contributed by atoms with Crippen LogP contribution in [-0.4, -0.2) is 63.2 Å². The van der Waals surface area contributed by atoms with Gasteiger partial charge in [0.15, 0.2) is 16.8 Å². The Kier molecular flexibility index (Phi) is 4.57. The van der Waals surface area contributed by atoms with Crippen molar-refractivity contribution in [3.05, 3.63) is 24.0 Å². The van der Waals surface area contributed by atoms with E-state index in [-0.39, 0.29) is 10.7 Å². The number of carbonyl (C=O) groups excluding carboxylic acids is 3. The van der Waals surface area contributed by atoms with Gasteiger partial charge in [-0.3, -0.25) is 19.7 Å². The minimum Gasteiger partial charge on any atom is -0.468 e. The molecule has 3 heterocycles. The number of nitrogens with one attached hydrogen (secondary N) is 1. The number of aromatic amines is 1. The van der Waals surface area contributed by atoms with Gasteiger partial charge in [-0.25, -0.2) is 14.8 Å². The number of amides is 1. The number of thioether (sulfide) groups is 1. The fourth-order valence-corrected chi connectivity index (χ4v) is 3.01. The highest BCUT2D eigenvalue weighted by Gasteiger charge is 2.35. The summed E-state index contributed by atoms with van der Waals surface area (Å²) in [4.78, 5) is 48.8. The molecule has 25 heavy (non-hydrogen) atoms. The number of pyridine rings is 1. The van der Waals surface area contributed by atoms with E-state index < -0.39 is 28.8 Å². The number of hydrogen-bond donors (Lipinski definition) is 1. The molecule has 0 aliphatic carbocycles. The minimum atomic E-state index is -1.26. The average Bonchev–Trinajstić information content (AvgIpc) is 3.10. The van der Waals surface area contributed by atoms with Gasteiger partial charge in [-0.15, -0.1) is 5.10 Å². The van der Waals surface area contributed by atoms with Gasteiger partial charge in [0.2, 0.25) is 5.16 Å². The summed E-state index contributed by atoms with van der Waals surface area (Å²) in [7, 11) is 2.28. The molecule has 1 aliphatic rings. The average molecular weight is 361 g/mol. The van der Waals surface area contributed by atoms with Crippen molar-refractivity contribution in [2.75, 3.05) is 14.2 Å². The van der Waals surface area contributed by atoms with Gasteiger partial charge in [-0.05, 0) is 6.07 Å². The lowest BCUT2D eigenvalue weighted by molar-refractivity contribution is -0.140. The molecule has 1 N–H and O–H groups in total. The maximum absolute atomic E-state index is 12.6. The lowest BCUT2D eigenvalue weighted by Crippen LogP contribution is -2.35. The molecule has 1 amide bonds. The number of aromatic nitrogens is 4. The van der Waals surface area contributed by atoms with E-state index in [0.29, 0.717) is 11.4 Å². The molecule has 1 atom stereocenters. The number of fused-ring (bicyclic) bond motifs is 4. The number of nitrogens with zero attached hydrogens (tertiary/aromatic N) is 4. The van der Waals surface area contributed by atoms with Gasteiger partial charge in [0.05, 0.1) is 19.8 Å². The number of hydrogen-bond acceptors (Lipinski definition) is 9. The number of carbonyl (C=O) groups is 3. The van der Waals surface area contributed by atoms with Crippen LogP contribution in [0.3, 0.4) is 0 Å². The Hall–Kier alpha value is -3.08. The summed E-state index contributed by atoms with van der Waals surface area (Å²) >= 11 is 0.812. The topological polar surface area (TPSA) is 136 Å². The van der Waals surface area contributed by atoms with Gasteiger partial charge < -0.3 is 9.47 Å². The van der Waals surface area contributed by atoms with Crippen molar-refractivity contribution in [3.8, 4) is 11.4 Å². The summed E-state index contributed by atoms with van der Waals surface area (Å²) in [5.41, 5.74) is 0.117. The van der Waals surface area contributed by atoms with Crippen LogP contribution in [0.2, 0.25) is 0 Å². The summed E-state index contributed by atoms with van der Waals surface area (Å²) in [6.07, 6.45) is 2.83. The third kappa shape index (κ3) is 3.13. The first-order valence-electron chi connectivity index (χ1n) is 6.87. The van der Waals surface area contributed by atoms with Gasteiger partial charge in [0.25, 0.3) is 5.91 Å². The van der Waals surface area contributed by atoms with Gasteiger partial charge in [-0.1, -0.05) is 11.8 Å². The van der Waals surface area contributed by atoms with Crippen LogP contribution < -0.4 is 0 Å². The first-order chi connectivity index (χ1) is 12.0. The lowest BCUT2D eigenvalue weighted by atomic mass is 10.1. The Bertz CT molecular complexity index is 893. The van der Waals surface area contributed by atoms with E-state index in [2.05, 4.69) is 29.9 Å². The van der Waals surface area contributed by atoms with Crippen molar-refractivity contribution < 1.29 is 23.9 Å². The standard InChI is InChI=1S/C14H11N5O5S/c1-23-12(21)8-9(13(22)24-2)25-14-17-10(18-19-14)7-5-15-4-3-6(7)11(20)16-8/h3-5,9H,1-2H3,(H,17,18,19)/t9-/m1/s1. The SMILES string of the molecule is COC(=O)C1=NC(=O)c2ccncc2-c2nc(n[nH]2)S[C@H]1C(=O)OC. The molecule has 3 rings (SSSR count). The van der Waals surface area contributed by atoms with Crippen LogP contribution in [0.5, 0.6) is 0 Å². The summed E-state index contributed by atoms with van der Waals surface area (Å²) in [6, 6.07) is 1.43. The third-order valence-corrected chi connectivity index (χ3v) is 4.32. The largest absolute Gasteiger partial charge is 0.468 e. The predicted molar refractivity (Wildman–Crippen MR) is 85.1 cm³/mol. The first kappa shape index (κ1) is 16.8. The first-order valence-corrected chi connectivity index (χ1v) is 7.75. The van der Waals surface area contributed by atoms with E-state index in [0.717, 1.165) is 26.0 Å². The highest BCUT2D eigenvalue weighted by atomic mass is 32.2. The Labute approximate surface area is 145 Å². The number of methoxy groups -OCH3 is 2. The van der Waals surface area contributed by atoms with Gasteiger partial charge >= 0.3 is 11.9 Å². The lowest BCUT2D eigenvalue weighted by Gasteiger charge is -2.14. The molecule has 128 valence electrons. The van der Waals surface area contributed by atoms with Crippen molar-refractivity contribution >= 4 is 35.3 Å². The summed E-state index contributed by atoms with van der Waals surface area (Å²) in [5, 5.41) is 5.57. The van der Waals surface area contributed by atoms with E-state index in [1.807, 2.05) is 0 Å². The van der Waals surface area contributed by atoms with Crippen molar-refractivity contribution in [2.45, 2.75) is 10.4 Å². The smallest absolute Gasteiger partial charge is 0.354 e. The molecule has 10 nitrogen and oxygen atoms in total. The summed E-state index contributed by atoms with van der Waals surface area (Å²) in [6.45, 7) is 0. The van der Waals surface area contributed by atoms with Crippen LogP contribution in [0.1, 0.15) is 10.4 Å². The summed E-state index contributed by atoms with van der Waals surface area (Å²) < 4.78 is 9.35. The zero-order valence-corrected chi connectivity index (χ0v) is 13.9. The molecule has 0 saturated heterocycles. The monoisotopic (exact) mass is 361 g/mol. The van der Waals surface area contributed by atoms with Crippen LogP contribution in [-0.2, 0) is 19.1 Å². The highest BCUT2D eigenvalue weighted by molar-refractivity contribution is 8.01. The quantitative estimate of drug-likeness (QED) is 0.747. The molecule has 0 radical (unpaired) electrons. The Morgan fingerprint density at radius 2 is 2.04 bits per heavy atom. The predicted octanol–water partition coefficient (Wildman–Crippen LogP) is 0.268. The van der Waals surface area contributed by atoms with Crippen molar-refractivity contribution in [1.82, 2.24) is 20.2 Å². The number of ether oxygens (including phenoxy) is 2.